The molecule has 1 aliphatic rings. The highest BCUT2D eigenvalue weighted by molar-refractivity contribution is 6.00. The average molecular weight is 641 g/mol. The molecule has 1 fully saturated rings. The number of benzene rings is 3. The highest BCUT2D eigenvalue weighted by Crippen LogP contribution is 2.33. The van der Waals surface area contributed by atoms with Gasteiger partial charge in [0.25, 0.3) is 11.8 Å². The predicted molar refractivity (Wildman–Crippen MR) is 180 cm³/mol. The molecule has 2 heterocycles. The summed E-state index contributed by atoms with van der Waals surface area (Å²) >= 11 is 0. The van der Waals surface area contributed by atoms with E-state index in [0.717, 1.165) is 23.2 Å². The number of hydrogen-bond acceptors (Lipinski definition) is 6. The summed E-state index contributed by atoms with van der Waals surface area (Å²) in [6.07, 6.45) is 2.50. The van der Waals surface area contributed by atoms with Crippen LogP contribution in [0.1, 0.15) is 94.2 Å². The number of aromatic nitrogens is 1. The van der Waals surface area contributed by atoms with Crippen LogP contribution in [0.3, 0.4) is 0 Å². The molecule has 0 bridgehead atoms. The van der Waals surface area contributed by atoms with Crippen LogP contribution in [-0.4, -0.2) is 52.0 Å². The number of likely N-dealkylation sites (tertiary alicyclic amines) is 1. The highest BCUT2D eigenvalue weighted by atomic mass is 19.1. The van der Waals surface area contributed by atoms with Gasteiger partial charge in [0.2, 0.25) is 5.89 Å². The summed E-state index contributed by atoms with van der Waals surface area (Å²) in [5.74, 6) is -0.331. The molecule has 0 unspecified atom stereocenters. The summed E-state index contributed by atoms with van der Waals surface area (Å²) < 4.78 is 19.7. The first kappa shape index (κ1) is 34.0. The summed E-state index contributed by atoms with van der Waals surface area (Å²) in [4.78, 5) is 33.5. The molecular weight excluding hydrogens is 595 g/mol. The molecule has 0 aliphatic carbocycles. The average Bonchev–Trinajstić information content (AvgIpc) is 3.73. The normalized spacial score (nSPS) is 16.2. The van der Waals surface area contributed by atoms with Crippen LogP contribution in [0.2, 0.25) is 0 Å². The number of nitrogens with zero attached hydrogens (tertiary/aromatic N) is 2. The number of carbonyl (C=O) groups excluding carboxylic acids is 2. The third-order valence-electron chi connectivity index (χ3n) is 8.65. The maximum Gasteiger partial charge on any atom is 0.254 e. The smallest absolute Gasteiger partial charge is 0.254 e. The molecule has 1 aromatic heterocycles. The van der Waals surface area contributed by atoms with Crippen LogP contribution in [0.5, 0.6) is 0 Å². The molecule has 0 spiro atoms. The van der Waals surface area contributed by atoms with Crippen molar-refractivity contribution < 1.29 is 23.5 Å². The number of aliphatic hydroxyl groups excluding tert-OH is 1. The maximum absolute atomic E-state index is 14.1. The summed E-state index contributed by atoms with van der Waals surface area (Å²) in [6, 6.07) is 21.5. The molecular formula is C38H45FN4O4. The van der Waals surface area contributed by atoms with Gasteiger partial charge >= 0.3 is 0 Å². The molecule has 2 amide bonds. The Bertz CT molecular complexity index is 1670. The van der Waals surface area contributed by atoms with Gasteiger partial charge in [0.1, 0.15) is 19.0 Å². The van der Waals surface area contributed by atoms with Crippen LogP contribution in [0.4, 0.5) is 4.39 Å². The Kier molecular flexibility index (Phi) is 10.9. The van der Waals surface area contributed by atoms with E-state index in [1.54, 1.807) is 11.2 Å². The Labute approximate surface area is 276 Å². The van der Waals surface area contributed by atoms with Crippen molar-refractivity contribution >= 4 is 11.8 Å². The van der Waals surface area contributed by atoms with E-state index in [9.17, 15) is 19.1 Å². The number of carbonyl (C=O) groups is 2. The zero-order valence-electron chi connectivity index (χ0n) is 27.6. The minimum absolute atomic E-state index is 0.0243. The third kappa shape index (κ3) is 8.73. The monoisotopic (exact) mass is 640 g/mol. The van der Waals surface area contributed by atoms with Crippen LogP contribution in [0.15, 0.2) is 83.5 Å². The van der Waals surface area contributed by atoms with Crippen molar-refractivity contribution in [3.05, 3.63) is 124 Å². The SMILES string of the molecule is Cc1coc([C@H]2CCCN2C(=O)c2cc(CF)cc(C(=O)N[C@@H](Cc3ccccc3)[C@H](O)CNCc3cccc(C(C)(C)C)c3)c2)n1. The first-order valence-electron chi connectivity index (χ1n) is 16.3. The fourth-order valence-electron chi connectivity index (χ4n) is 6.04. The number of aryl methyl sites for hydroxylation is 1. The second kappa shape index (κ2) is 15.0. The van der Waals surface area contributed by atoms with Gasteiger partial charge < -0.3 is 25.1 Å². The number of hydrogen-bond donors (Lipinski definition) is 3. The number of oxazole rings is 1. The van der Waals surface area contributed by atoms with E-state index >= 15 is 0 Å². The van der Waals surface area contributed by atoms with Crippen LogP contribution >= 0.6 is 0 Å². The summed E-state index contributed by atoms with van der Waals surface area (Å²) in [5.41, 5.74) is 4.64. The zero-order valence-corrected chi connectivity index (χ0v) is 27.6. The standard InChI is InChI=1S/C38H45FN4O4/c1-25-24-47-36(41-25)33-14-9-15-43(33)37(46)30-17-28(21-39)16-29(20-30)35(45)42-32(19-26-10-6-5-7-11-26)34(44)23-40-22-27-12-8-13-31(18-27)38(2,3)4/h5-8,10-13,16-18,20,24,32-34,40,44H,9,14-15,19,21-23H2,1-4H3,(H,42,45)/t32-,33+,34+/m0/s1. The van der Waals surface area contributed by atoms with E-state index in [1.165, 1.54) is 23.8 Å². The van der Waals surface area contributed by atoms with Crippen LogP contribution in [0.25, 0.3) is 0 Å². The molecule has 47 heavy (non-hydrogen) atoms. The van der Waals surface area contributed by atoms with E-state index in [1.807, 2.05) is 49.4 Å². The van der Waals surface area contributed by atoms with Gasteiger partial charge in [-0.05, 0) is 72.1 Å². The highest BCUT2D eigenvalue weighted by Gasteiger charge is 2.34. The zero-order chi connectivity index (χ0) is 33.6. The van der Waals surface area contributed by atoms with Gasteiger partial charge in [-0.2, -0.15) is 0 Å². The van der Waals surface area contributed by atoms with Crippen molar-refractivity contribution in [2.24, 2.45) is 0 Å². The first-order valence-corrected chi connectivity index (χ1v) is 16.3. The Morgan fingerprint density at radius 1 is 1.02 bits per heavy atom. The van der Waals surface area contributed by atoms with Gasteiger partial charge in [0.15, 0.2) is 0 Å². The Hall–Kier alpha value is -4.34. The minimum Gasteiger partial charge on any atom is -0.446 e. The lowest BCUT2D eigenvalue weighted by Gasteiger charge is -2.26. The maximum atomic E-state index is 14.1. The lowest BCUT2D eigenvalue weighted by molar-refractivity contribution is 0.0715. The van der Waals surface area contributed by atoms with Gasteiger partial charge in [-0.3, -0.25) is 9.59 Å². The molecule has 9 heteroatoms. The minimum atomic E-state index is -0.926. The van der Waals surface area contributed by atoms with Crippen LogP contribution in [-0.2, 0) is 25.1 Å². The topological polar surface area (TPSA) is 108 Å². The van der Waals surface area contributed by atoms with Crippen LogP contribution in [0, 0.1) is 6.92 Å². The third-order valence-corrected chi connectivity index (χ3v) is 8.65. The fraction of sp³-hybridized carbons (Fsp3) is 0.395. The lowest BCUT2D eigenvalue weighted by Crippen LogP contribution is -2.48. The Balaban J connectivity index is 1.31. The van der Waals surface area contributed by atoms with E-state index in [-0.39, 0.29) is 40.6 Å². The quantitative estimate of drug-likeness (QED) is 0.170. The molecule has 8 nitrogen and oxygen atoms in total. The van der Waals surface area contributed by atoms with Crippen molar-refractivity contribution in [2.45, 2.75) is 83.8 Å². The molecule has 1 aliphatic heterocycles. The molecule has 4 aromatic rings. The summed E-state index contributed by atoms with van der Waals surface area (Å²) in [7, 11) is 0. The largest absolute Gasteiger partial charge is 0.446 e. The van der Waals surface area contributed by atoms with Gasteiger partial charge in [0, 0.05) is 30.8 Å². The van der Waals surface area contributed by atoms with Crippen LogP contribution < -0.4 is 10.6 Å². The molecule has 5 rings (SSSR count). The van der Waals surface area contributed by atoms with Crippen molar-refractivity contribution in [3.63, 3.8) is 0 Å². The molecule has 3 atom stereocenters. The number of alkyl halides is 1. The number of amides is 2. The van der Waals surface area contributed by atoms with E-state index in [4.69, 9.17) is 4.42 Å². The fourth-order valence-corrected chi connectivity index (χ4v) is 6.04. The number of nitrogens with one attached hydrogen (secondary N) is 2. The molecule has 3 aromatic carbocycles. The second-order valence-electron chi connectivity index (χ2n) is 13.5. The number of aliphatic hydroxyl groups is 1. The Morgan fingerprint density at radius 2 is 1.77 bits per heavy atom. The molecule has 0 saturated carbocycles. The van der Waals surface area contributed by atoms with Gasteiger partial charge in [-0.1, -0.05) is 75.4 Å². The van der Waals surface area contributed by atoms with Gasteiger partial charge in [-0.15, -0.1) is 0 Å². The molecule has 1 saturated heterocycles. The lowest BCUT2D eigenvalue weighted by atomic mass is 9.86. The second-order valence-corrected chi connectivity index (χ2v) is 13.5. The van der Waals surface area contributed by atoms with Gasteiger partial charge in [-0.25, -0.2) is 9.37 Å². The summed E-state index contributed by atoms with van der Waals surface area (Å²) in [5, 5.41) is 17.7. The summed E-state index contributed by atoms with van der Waals surface area (Å²) in [6.45, 7) is 8.81. The molecule has 0 radical (unpaired) electrons. The number of rotatable bonds is 12. The van der Waals surface area contributed by atoms with E-state index in [0.29, 0.717) is 31.8 Å². The van der Waals surface area contributed by atoms with Crippen molar-refractivity contribution in [2.75, 3.05) is 13.1 Å². The molecule has 3 N–H and O–H groups in total. The number of halogens is 1. The Morgan fingerprint density at radius 3 is 2.47 bits per heavy atom. The predicted octanol–water partition coefficient (Wildman–Crippen LogP) is 6.22. The molecule has 248 valence electrons. The first-order chi connectivity index (χ1) is 22.5. The van der Waals surface area contributed by atoms with Gasteiger partial charge in [0.05, 0.1) is 17.8 Å². The van der Waals surface area contributed by atoms with Crippen molar-refractivity contribution in [3.8, 4) is 0 Å². The van der Waals surface area contributed by atoms with E-state index in [2.05, 4.69) is 48.5 Å². The van der Waals surface area contributed by atoms with Crippen molar-refractivity contribution in [1.82, 2.24) is 20.5 Å². The van der Waals surface area contributed by atoms with Crippen molar-refractivity contribution in [1.29, 1.82) is 0 Å². The van der Waals surface area contributed by atoms with E-state index < -0.39 is 24.7 Å².